The van der Waals surface area contributed by atoms with Crippen LogP contribution in [0.15, 0.2) is 24.3 Å². The third-order valence-electron chi connectivity index (χ3n) is 7.32. The van der Waals surface area contributed by atoms with Crippen LogP contribution in [-0.4, -0.2) is 31.4 Å². The van der Waals surface area contributed by atoms with Crippen LogP contribution in [0.2, 0.25) is 0 Å². The molecule has 4 fully saturated rings. The third-order valence-corrected chi connectivity index (χ3v) is 7.32. The van der Waals surface area contributed by atoms with Gasteiger partial charge in [-0.25, -0.2) is 0 Å². The summed E-state index contributed by atoms with van der Waals surface area (Å²) in [7, 11) is 1.71. The van der Waals surface area contributed by atoms with E-state index in [2.05, 4.69) is 0 Å². The third kappa shape index (κ3) is 2.33. The predicted molar refractivity (Wildman–Crippen MR) is 101 cm³/mol. The molecule has 2 N–H and O–H groups in total. The molecule has 0 aromatic heterocycles. The largest absolute Gasteiger partial charge is 0.312 e. The van der Waals surface area contributed by atoms with E-state index in [1.54, 1.807) is 7.05 Å². The Hall–Kier alpha value is -1.88. The summed E-state index contributed by atoms with van der Waals surface area (Å²) in [5.41, 5.74) is 7.89. The Kier molecular flexibility index (Phi) is 3.48. The van der Waals surface area contributed by atoms with Crippen molar-refractivity contribution >= 4 is 23.2 Å². The molecule has 1 unspecified atom stereocenters. The van der Waals surface area contributed by atoms with Crippen LogP contribution in [0.1, 0.15) is 38.5 Å². The van der Waals surface area contributed by atoms with Gasteiger partial charge in [-0.3, -0.25) is 9.59 Å². The van der Waals surface area contributed by atoms with E-state index in [-0.39, 0.29) is 17.2 Å². The fourth-order valence-corrected chi connectivity index (χ4v) is 6.68. The maximum atomic E-state index is 13.1. The molecule has 1 heterocycles. The summed E-state index contributed by atoms with van der Waals surface area (Å²) in [6.07, 6.45) is 7.82. The average Bonchev–Trinajstić information content (AvgIpc) is 2.67. The normalized spacial score (nSPS) is 38.5. The lowest BCUT2D eigenvalue weighted by Crippen LogP contribution is -2.56. The molecule has 4 bridgehead atoms. The van der Waals surface area contributed by atoms with Gasteiger partial charge in [0, 0.05) is 13.6 Å². The molecule has 1 aliphatic heterocycles. The highest BCUT2D eigenvalue weighted by atomic mass is 16.2. The standard InChI is InChI=1S/C21H27N3O2/c1-23-16-4-2-3-5-17(16)24(20(26)18(22)19(23)25)12-21-9-13-6-14(10-21)8-15(7-13)11-21/h2-5,13-15,18H,6-12,22H2,1H3. The summed E-state index contributed by atoms with van der Waals surface area (Å²) >= 11 is 0. The molecule has 0 saturated heterocycles. The Balaban J connectivity index is 1.54. The molecule has 1 atom stereocenters. The zero-order chi connectivity index (χ0) is 18.1. The lowest BCUT2D eigenvalue weighted by molar-refractivity contribution is -0.128. The number of para-hydroxylation sites is 2. The highest BCUT2D eigenvalue weighted by Crippen LogP contribution is 2.60. The van der Waals surface area contributed by atoms with Gasteiger partial charge in [-0.05, 0) is 73.8 Å². The van der Waals surface area contributed by atoms with E-state index in [1.165, 1.54) is 43.4 Å². The van der Waals surface area contributed by atoms with Crippen LogP contribution < -0.4 is 15.5 Å². The number of nitrogens with zero attached hydrogens (tertiary/aromatic N) is 2. The van der Waals surface area contributed by atoms with Crippen molar-refractivity contribution in [2.24, 2.45) is 28.9 Å². The molecule has 1 aromatic carbocycles. The fraction of sp³-hybridized carbons (Fsp3) is 0.619. The Morgan fingerprint density at radius 1 is 0.962 bits per heavy atom. The molecule has 0 spiro atoms. The number of nitrogens with two attached hydrogens (primary N) is 1. The molecule has 138 valence electrons. The van der Waals surface area contributed by atoms with Crippen LogP contribution in [0.25, 0.3) is 0 Å². The number of rotatable bonds is 2. The van der Waals surface area contributed by atoms with Gasteiger partial charge in [-0.15, -0.1) is 0 Å². The van der Waals surface area contributed by atoms with Crippen molar-refractivity contribution in [1.82, 2.24) is 0 Å². The quantitative estimate of drug-likeness (QED) is 0.831. The second kappa shape index (κ2) is 5.56. The minimum Gasteiger partial charge on any atom is -0.312 e. The Morgan fingerprint density at radius 3 is 2.08 bits per heavy atom. The van der Waals surface area contributed by atoms with Gasteiger partial charge in [-0.2, -0.15) is 0 Å². The number of hydrogen-bond donors (Lipinski definition) is 1. The molecule has 5 aliphatic rings. The number of amides is 2. The minimum atomic E-state index is -1.11. The van der Waals surface area contributed by atoms with Crippen LogP contribution in [0.4, 0.5) is 11.4 Å². The number of likely N-dealkylation sites (N-methyl/N-ethyl adjacent to an activating group) is 1. The summed E-state index contributed by atoms with van der Waals surface area (Å²) in [4.78, 5) is 29.1. The molecule has 0 radical (unpaired) electrons. The van der Waals surface area contributed by atoms with Crippen LogP contribution in [0.5, 0.6) is 0 Å². The van der Waals surface area contributed by atoms with E-state index in [0.717, 1.165) is 29.1 Å². The van der Waals surface area contributed by atoms with Crippen molar-refractivity contribution < 1.29 is 9.59 Å². The highest BCUT2D eigenvalue weighted by molar-refractivity contribution is 6.20. The molecular formula is C21H27N3O2. The molecule has 5 nitrogen and oxygen atoms in total. The molecule has 6 rings (SSSR count). The monoisotopic (exact) mass is 353 g/mol. The van der Waals surface area contributed by atoms with Crippen LogP contribution in [0, 0.1) is 23.2 Å². The molecule has 4 aliphatic carbocycles. The topological polar surface area (TPSA) is 66.6 Å². The van der Waals surface area contributed by atoms with Gasteiger partial charge in [0.15, 0.2) is 6.04 Å². The number of carbonyl (C=O) groups is 2. The van der Waals surface area contributed by atoms with Crippen LogP contribution in [0.3, 0.4) is 0 Å². The van der Waals surface area contributed by atoms with Crippen molar-refractivity contribution in [3.63, 3.8) is 0 Å². The van der Waals surface area contributed by atoms with Crippen LogP contribution in [-0.2, 0) is 9.59 Å². The Bertz CT molecular complexity index is 739. The molecule has 26 heavy (non-hydrogen) atoms. The van der Waals surface area contributed by atoms with Gasteiger partial charge in [0.25, 0.3) is 11.8 Å². The summed E-state index contributed by atoms with van der Waals surface area (Å²) in [5.74, 6) is 1.92. The number of benzene rings is 1. The maximum absolute atomic E-state index is 13.1. The van der Waals surface area contributed by atoms with Crippen molar-refractivity contribution in [1.29, 1.82) is 0 Å². The van der Waals surface area contributed by atoms with Crippen molar-refractivity contribution in [2.45, 2.75) is 44.6 Å². The predicted octanol–water partition coefficient (Wildman–Crippen LogP) is 2.54. The summed E-state index contributed by atoms with van der Waals surface area (Å²) in [6, 6.07) is 6.60. The first kappa shape index (κ1) is 16.3. The minimum absolute atomic E-state index is 0.212. The van der Waals surface area contributed by atoms with Gasteiger partial charge in [0.05, 0.1) is 11.4 Å². The number of carbonyl (C=O) groups excluding carboxylic acids is 2. The van der Waals surface area contributed by atoms with Crippen molar-refractivity contribution in [2.75, 3.05) is 23.4 Å². The lowest BCUT2D eigenvalue weighted by atomic mass is 9.49. The van der Waals surface area contributed by atoms with E-state index < -0.39 is 6.04 Å². The number of anilines is 2. The summed E-state index contributed by atoms with van der Waals surface area (Å²) in [5, 5.41) is 0. The van der Waals surface area contributed by atoms with Gasteiger partial charge in [0.2, 0.25) is 0 Å². The fourth-order valence-electron chi connectivity index (χ4n) is 6.68. The number of fused-ring (bicyclic) bond motifs is 1. The summed E-state index contributed by atoms with van der Waals surface area (Å²) in [6.45, 7) is 0.709. The Labute approximate surface area is 154 Å². The van der Waals surface area contributed by atoms with Gasteiger partial charge in [-0.1, -0.05) is 12.1 Å². The smallest absolute Gasteiger partial charge is 0.253 e. The van der Waals surface area contributed by atoms with Crippen LogP contribution >= 0.6 is 0 Å². The zero-order valence-corrected chi connectivity index (χ0v) is 15.4. The summed E-state index contributed by atoms with van der Waals surface area (Å²) < 4.78 is 0. The number of hydrogen-bond acceptors (Lipinski definition) is 3. The van der Waals surface area contributed by atoms with Gasteiger partial charge < -0.3 is 15.5 Å². The molecular weight excluding hydrogens is 326 g/mol. The molecule has 2 amide bonds. The first-order valence-corrected chi connectivity index (χ1v) is 9.89. The van der Waals surface area contributed by atoms with Crippen molar-refractivity contribution in [3.8, 4) is 0 Å². The van der Waals surface area contributed by atoms with Gasteiger partial charge >= 0.3 is 0 Å². The second-order valence-electron chi connectivity index (χ2n) is 9.21. The zero-order valence-electron chi connectivity index (χ0n) is 15.4. The second-order valence-corrected chi connectivity index (χ2v) is 9.21. The van der Waals surface area contributed by atoms with E-state index in [0.29, 0.717) is 6.54 Å². The van der Waals surface area contributed by atoms with E-state index in [4.69, 9.17) is 5.73 Å². The van der Waals surface area contributed by atoms with E-state index >= 15 is 0 Å². The van der Waals surface area contributed by atoms with E-state index in [1.807, 2.05) is 29.2 Å². The first-order chi connectivity index (χ1) is 12.5. The first-order valence-electron chi connectivity index (χ1n) is 9.89. The van der Waals surface area contributed by atoms with Crippen molar-refractivity contribution in [3.05, 3.63) is 24.3 Å². The molecule has 5 heteroatoms. The SMILES string of the molecule is CN1C(=O)C(N)C(=O)N(CC23CC4CC(CC(C4)C2)C3)c2ccccc21. The molecule has 4 saturated carbocycles. The molecule has 1 aromatic rings. The van der Waals surface area contributed by atoms with Gasteiger partial charge in [0.1, 0.15) is 0 Å². The van der Waals surface area contributed by atoms with E-state index in [9.17, 15) is 9.59 Å². The maximum Gasteiger partial charge on any atom is 0.253 e. The highest BCUT2D eigenvalue weighted by Gasteiger charge is 2.52. The Morgan fingerprint density at radius 2 is 1.50 bits per heavy atom. The lowest BCUT2D eigenvalue weighted by Gasteiger charge is -2.57. The average molecular weight is 353 g/mol.